The van der Waals surface area contributed by atoms with Crippen LogP contribution in [0.15, 0.2) is 48.7 Å². The van der Waals surface area contributed by atoms with Crippen LogP contribution in [-0.2, 0) is 12.3 Å². The molecule has 0 aliphatic rings. The largest absolute Gasteiger partial charge is 0.336 e. The molecule has 2 aromatic rings. The van der Waals surface area contributed by atoms with E-state index in [4.69, 9.17) is 0 Å². The van der Waals surface area contributed by atoms with Crippen molar-refractivity contribution in [2.45, 2.75) is 12.3 Å². The molecule has 2 rings (SSSR count). The lowest BCUT2D eigenvalue weighted by atomic mass is 10.1. The molecule has 20 heavy (non-hydrogen) atoms. The maximum atomic E-state index is 12.3. The molecule has 0 unspecified atom stereocenters. The van der Waals surface area contributed by atoms with Gasteiger partial charge in [-0.05, 0) is 36.1 Å². The summed E-state index contributed by atoms with van der Waals surface area (Å²) in [5.74, 6) is 0.990. The molecule has 0 saturated carbocycles. The molecule has 4 heteroatoms. The first kappa shape index (κ1) is 14.6. The number of amides is 1. The van der Waals surface area contributed by atoms with Crippen molar-refractivity contribution >= 4 is 17.7 Å². The topological polar surface area (TPSA) is 33.2 Å². The highest BCUT2D eigenvalue weighted by Crippen LogP contribution is 2.12. The molecular formula is C16H18N2OS. The predicted molar refractivity (Wildman–Crippen MR) is 83.7 cm³/mol. The van der Waals surface area contributed by atoms with Crippen LogP contribution in [0.4, 0.5) is 0 Å². The van der Waals surface area contributed by atoms with Crippen molar-refractivity contribution < 1.29 is 4.79 Å². The van der Waals surface area contributed by atoms with Crippen molar-refractivity contribution in [1.82, 2.24) is 9.88 Å². The molecular weight excluding hydrogens is 268 g/mol. The summed E-state index contributed by atoms with van der Waals surface area (Å²) in [4.78, 5) is 18.2. The van der Waals surface area contributed by atoms with E-state index in [1.807, 2.05) is 42.5 Å². The smallest absolute Gasteiger partial charge is 0.253 e. The average Bonchev–Trinajstić information content (AvgIpc) is 2.48. The van der Waals surface area contributed by atoms with E-state index in [9.17, 15) is 4.79 Å². The van der Waals surface area contributed by atoms with Crippen molar-refractivity contribution in [1.29, 1.82) is 0 Å². The highest BCUT2D eigenvalue weighted by molar-refractivity contribution is 7.97. The third-order valence-electron chi connectivity index (χ3n) is 2.98. The molecule has 104 valence electrons. The van der Waals surface area contributed by atoms with Crippen LogP contribution in [-0.4, -0.2) is 29.1 Å². The first-order chi connectivity index (χ1) is 9.70. The van der Waals surface area contributed by atoms with Gasteiger partial charge in [0.05, 0.1) is 12.2 Å². The van der Waals surface area contributed by atoms with E-state index in [1.54, 1.807) is 29.9 Å². The fourth-order valence-electron chi connectivity index (χ4n) is 1.94. The summed E-state index contributed by atoms with van der Waals surface area (Å²) < 4.78 is 0. The maximum Gasteiger partial charge on any atom is 0.253 e. The van der Waals surface area contributed by atoms with Gasteiger partial charge in [-0.25, -0.2) is 0 Å². The summed E-state index contributed by atoms with van der Waals surface area (Å²) in [6.07, 6.45) is 3.81. The monoisotopic (exact) mass is 286 g/mol. The van der Waals surface area contributed by atoms with Crippen LogP contribution in [0, 0.1) is 0 Å². The number of carbonyl (C=O) groups excluding carboxylic acids is 1. The second kappa shape index (κ2) is 7.10. The molecule has 1 aromatic carbocycles. The number of pyridine rings is 1. The van der Waals surface area contributed by atoms with E-state index in [2.05, 4.69) is 11.2 Å². The van der Waals surface area contributed by atoms with E-state index < -0.39 is 0 Å². The van der Waals surface area contributed by atoms with Gasteiger partial charge >= 0.3 is 0 Å². The minimum absolute atomic E-state index is 0.0198. The molecule has 0 bridgehead atoms. The molecule has 0 aliphatic heterocycles. The SMILES string of the molecule is CSCc1ccc(C(=O)N(C)Cc2ccccn2)cc1. The number of aromatic nitrogens is 1. The van der Waals surface area contributed by atoms with Crippen molar-refractivity contribution in [3.63, 3.8) is 0 Å². The van der Waals surface area contributed by atoms with Gasteiger partial charge in [0.1, 0.15) is 0 Å². The van der Waals surface area contributed by atoms with Gasteiger partial charge in [0.25, 0.3) is 5.91 Å². The maximum absolute atomic E-state index is 12.3. The molecule has 0 spiro atoms. The fourth-order valence-corrected chi connectivity index (χ4v) is 2.46. The van der Waals surface area contributed by atoms with Crippen LogP contribution in [0.3, 0.4) is 0 Å². The zero-order valence-corrected chi connectivity index (χ0v) is 12.6. The quantitative estimate of drug-likeness (QED) is 0.846. The highest BCUT2D eigenvalue weighted by Gasteiger charge is 2.12. The first-order valence-electron chi connectivity index (χ1n) is 6.44. The molecule has 0 atom stereocenters. The van der Waals surface area contributed by atoms with Gasteiger partial charge in [-0.15, -0.1) is 0 Å². The summed E-state index contributed by atoms with van der Waals surface area (Å²) >= 11 is 1.77. The van der Waals surface area contributed by atoms with Gasteiger partial charge in [0.15, 0.2) is 0 Å². The Kier molecular flexibility index (Phi) is 5.18. The third-order valence-corrected chi connectivity index (χ3v) is 3.61. The summed E-state index contributed by atoms with van der Waals surface area (Å²) in [5.41, 5.74) is 2.84. The van der Waals surface area contributed by atoms with Crippen LogP contribution in [0.5, 0.6) is 0 Å². The third kappa shape index (κ3) is 3.84. The normalized spacial score (nSPS) is 10.3. The Labute approximate surface area is 124 Å². The van der Waals surface area contributed by atoms with Crippen molar-refractivity contribution in [2.75, 3.05) is 13.3 Å². The van der Waals surface area contributed by atoms with Crippen molar-refractivity contribution in [3.05, 3.63) is 65.5 Å². The molecule has 1 heterocycles. The Morgan fingerprint density at radius 2 is 1.95 bits per heavy atom. The highest BCUT2D eigenvalue weighted by atomic mass is 32.2. The summed E-state index contributed by atoms with van der Waals surface area (Å²) in [7, 11) is 1.80. The summed E-state index contributed by atoms with van der Waals surface area (Å²) in [6, 6.07) is 13.5. The van der Waals surface area contributed by atoms with Crippen LogP contribution < -0.4 is 0 Å². The van der Waals surface area contributed by atoms with Crippen LogP contribution in [0.25, 0.3) is 0 Å². The number of benzene rings is 1. The lowest BCUT2D eigenvalue weighted by Gasteiger charge is -2.16. The van der Waals surface area contributed by atoms with Gasteiger partial charge in [-0.1, -0.05) is 18.2 Å². The first-order valence-corrected chi connectivity index (χ1v) is 7.83. The second-order valence-corrected chi connectivity index (χ2v) is 5.48. The number of thioether (sulfide) groups is 1. The Hall–Kier alpha value is -1.81. The standard InChI is InChI=1S/C16H18N2OS/c1-18(11-15-5-3-4-10-17-15)16(19)14-8-6-13(7-9-14)12-20-2/h3-10H,11-12H2,1-2H3. The molecule has 0 saturated heterocycles. The molecule has 0 radical (unpaired) electrons. The number of hydrogen-bond donors (Lipinski definition) is 0. The van der Waals surface area contributed by atoms with Crippen molar-refractivity contribution in [2.24, 2.45) is 0 Å². The van der Waals surface area contributed by atoms with E-state index in [-0.39, 0.29) is 5.91 Å². The number of carbonyl (C=O) groups is 1. The van der Waals surface area contributed by atoms with E-state index in [1.165, 1.54) is 5.56 Å². The predicted octanol–water partition coefficient (Wildman–Crippen LogP) is 3.22. The Balaban J connectivity index is 2.03. The molecule has 0 fully saturated rings. The fraction of sp³-hybridized carbons (Fsp3) is 0.250. The molecule has 1 aromatic heterocycles. The molecule has 3 nitrogen and oxygen atoms in total. The van der Waals surface area contributed by atoms with Gasteiger partial charge in [0.2, 0.25) is 0 Å². The van der Waals surface area contributed by atoms with Crippen LogP contribution in [0.2, 0.25) is 0 Å². The van der Waals surface area contributed by atoms with Gasteiger partial charge in [-0.2, -0.15) is 11.8 Å². The van der Waals surface area contributed by atoms with Crippen molar-refractivity contribution in [3.8, 4) is 0 Å². The Bertz CT molecular complexity index is 554. The zero-order chi connectivity index (χ0) is 14.4. The average molecular weight is 286 g/mol. The summed E-state index contributed by atoms with van der Waals surface area (Å²) in [6.45, 7) is 0.520. The second-order valence-electron chi connectivity index (χ2n) is 4.61. The number of nitrogens with zero attached hydrogens (tertiary/aromatic N) is 2. The van der Waals surface area contributed by atoms with E-state index in [0.717, 1.165) is 11.4 Å². The zero-order valence-electron chi connectivity index (χ0n) is 11.7. The van der Waals surface area contributed by atoms with E-state index >= 15 is 0 Å². The minimum Gasteiger partial charge on any atom is -0.336 e. The lowest BCUT2D eigenvalue weighted by Crippen LogP contribution is -2.26. The molecule has 0 aliphatic carbocycles. The molecule has 1 amide bonds. The Morgan fingerprint density at radius 1 is 1.20 bits per heavy atom. The van der Waals surface area contributed by atoms with Crippen LogP contribution >= 0.6 is 11.8 Å². The number of hydrogen-bond acceptors (Lipinski definition) is 3. The Morgan fingerprint density at radius 3 is 2.55 bits per heavy atom. The number of rotatable bonds is 5. The van der Waals surface area contributed by atoms with Crippen LogP contribution in [0.1, 0.15) is 21.6 Å². The van der Waals surface area contributed by atoms with Gasteiger partial charge in [0, 0.05) is 24.6 Å². The van der Waals surface area contributed by atoms with Gasteiger partial charge < -0.3 is 4.90 Å². The van der Waals surface area contributed by atoms with Gasteiger partial charge in [-0.3, -0.25) is 9.78 Å². The van der Waals surface area contributed by atoms with E-state index in [0.29, 0.717) is 12.1 Å². The lowest BCUT2D eigenvalue weighted by molar-refractivity contribution is 0.0783. The molecule has 0 N–H and O–H groups in total. The minimum atomic E-state index is 0.0198. The summed E-state index contributed by atoms with van der Waals surface area (Å²) in [5, 5.41) is 0.